The highest BCUT2D eigenvalue weighted by atomic mass is 16.5. The van der Waals surface area contributed by atoms with Gasteiger partial charge in [0.05, 0.1) is 0 Å². The lowest BCUT2D eigenvalue weighted by Crippen LogP contribution is -2.41. The Bertz CT molecular complexity index is 653. The van der Waals surface area contributed by atoms with E-state index in [0.29, 0.717) is 18.1 Å². The largest absolute Gasteiger partial charge is 0.490 e. The first-order valence-electron chi connectivity index (χ1n) is 9.65. The van der Waals surface area contributed by atoms with Crippen LogP contribution in [-0.4, -0.2) is 34.6 Å². The van der Waals surface area contributed by atoms with Crippen molar-refractivity contribution in [1.29, 1.82) is 0 Å². The first kappa shape index (κ1) is 18.0. The molecule has 2 aliphatic rings. The van der Waals surface area contributed by atoms with Crippen molar-refractivity contribution in [1.82, 2.24) is 9.47 Å². The number of hydrogen-bond acceptors (Lipinski definition) is 3. The standard InChI is InChI=1S/C20H30N2O3/c1-15-13-18(14-20(24)21(15)2)25-17-9-11-22(12-10-17)19(23)8-7-16-5-3-4-6-16/h13-14,16-17H,3-12H2,1-2H3. The normalized spacial score (nSPS) is 19.4. The number of amides is 1. The monoisotopic (exact) mass is 346 g/mol. The molecule has 1 aromatic heterocycles. The minimum atomic E-state index is -0.0467. The number of hydrogen-bond donors (Lipinski definition) is 0. The Morgan fingerprint density at radius 3 is 2.48 bits per heavy atom. The summed E-state index contributed by atoms with van der Waals surface area (Å²) in [6.07, 6.45) is 8.80. The topological polar surface area (TPSA) is 51.5 Å². The highest BCUT2D eigenvalue weighted by Crippen LogP contribution is 2.29. The average Bonchev–Trinajstić information content (AvgIpc) is 3.12. The van der Waals surface area contributed by atoms with E-state index in [9.17, 15) is 9.59 Å². The predicted molar refractivity (Wildman–Crippen MR) is 97.8 cm³/mol. The molecule has 3 rings (SSSR count). The first-order chi connectivity index (χ1) is 12.0. The fourth-order valence-corrected chi connectivity index (χ4v) is 4.00. The van der Waals surface area contributed by atoms with Gasteiger partial charge in [0, 0.05) is 51.2 Å². The number of carbonyl (C=O) groups is 1. The zero-order valence-corrected chi connectivity index (χ0v) is 15.5. The molecule has 5 nitrogen and oxygen atoms in total. The van der Waals surface area contributed by atoms with Gasteiger partial charge < -0.3 is 14.2 Å². The number of aryl methyl sites for hydroxylation is 1. The highest BCUT2D eigenvalue weighted by molar-refractivity contribution is 5.76. The van der Waals surface area contributed by atoms with Crippen molar-refractivity contribution in [2.75, 3.05) is 13.1 Å². The molecule has 1 aliphatic carbocycles. The molecule has 25 heavy (non-hydrogen) atoms. The summed E-state index contributed by atoms with van der Waals surface area (Å²) in [5, 5.41) is 0. The van der Waals surface area contributed by atoms with Gasteiger partial charge in [-0.25, -0.2) is 0 Å². The van der Waals surface area contributed by atoms with Crippen molar-refractivity contribution in [2.45, 2.75) is 64.4 Å². The lowest BCUT2D eigenvalue weighted by Gasteiger charge is -2.32. The Balaban J connectivity index is 1.45. The molecule has 0 radical (unpaired) electrons. The Labute approximate surface area is 150 Å². The average molecular weight is 346 g/mol. The molecule has 0 N–H and O–H groups in total. The van der Waals surface area contributed by atoms with Crippen LogP contribution in [0.25, 0.3) is 0 Å². The second-order valence-electron chi connectivity index (χ2n) is 7.62. The summed E-state index contributed by atoms with van der Waals surface area (Å²) in [6.45, 7) is 3.43. The van der Waals surface area contributed by atoms with E-state index in [-0.39, 0.29) is 11.7 Å². The molecule has 1 saturated carbocycles. The molecule has 1 saturated heterocycles. The number of piperidine rings is 1. The third kappa shape index (κ3) is 4.65. The summed E-state index contributed by atoms with van der Waals surface area (Å²) in [4.78, 5) is 26.2. The summed E-state index contributed by atoms with van der Waals surface area (Å²) >= 11 is 0. The number of ether oxygens (including phenoxy) is 1. The predicted octanol–water partition coefficient (Wildman–Crippen LogP) is 3.03. The van der Waals surface area contributed by atoms with E-state index in [4.69, 9.17) is 4.74 Å². The maximum absolute atomic E-state index is 12.4. The van der Waals surface area contributed by atoms with Crippen LogP contribution in [0, 0.1) is 12.8 Å². The molecule has 0 atom stereocenters. The molecule has 1 aromatic rings. The molecule has 0 bridgehead atoms. The molecule has 1 aliphatic heterocycles. The molecular formula is C20H30N2O3. The first-order valence-corrected chi connectivity index (χ1v) is 9.65. The van der Waals surface area contributed by atoms with E-state index < -0.39 is 0 Å². The van der Waals surface area contributed by atoms with E-state index in [1.807, 2.05) is 17.9 Å². The number of carbonyl (C=O) groups excluding carboxylic acids is 1. The maximum Gasteiger partial charge on any atom is 0.254 e. The van der Waals surface area contributed by atoms with Crippen molar-refractivity contribution in [3.05, 3.63) is 28.2 Å². The van der Waals surface area contributed by atoms with Crippen LogP contribution in [0.15, 0.2) is 16.9 Å². The Morgan fingerprint density at radius 2 is 1.84 bits per heavy atom. The molecule has 0 spiro atoms. The van der Waals surface area contributed by atoms with Crippen molar-refractivity contribution in [2.24, 2.45) is 13.0 Å². The SMILES string of the molecule is Cc1cc(OC2CCN(C(=O)CCC3CCCC3)CC2)cc(=O)n1C. The second kappa shape index (κ2) is 8.07. The van der Waals surface area contributed by atoms with Gasteiger partial charge in [0.1, 0.15) is 11.9 Å². The van der Waals surface area contributed by atoms with Crippen LogP contribution < -0.4 is 10.3 Å². The minimum absolute atomic E-state index is 0.0467. The quantitative estimate of drug-likeness (QED) is 0.823. The Hall–Kier alpha value is -1.78. The van der Waals surface area contributed by atoms with Crippen LogP contribution in [0.1, 0.15) is 57.1 Å². The fraction of sp³-hybridized carbons (Fsp3) is 0.700. The molecule has 2 fully saturated rings. The molecule has 2 heterocycles. The maximum atomic E-state index is 12.4. The van der Waals surface area contributed by atoms with Crippen molar-refractivity contribution in [3.63, 3.8) is 0 Å². The molecule has 0 aromatic carbocycles. The number of aromatic nitrogens is 1. The van der Waals surface area contributed by atoms with Crippen LogP contribution in [0.4, 0.5) is 0 Å². The van der Waals surface area contributed by atoms with Gasteiger partial charge in [0.25, 0.3) is 5.56 Å². The zero-order chi connectivity index (χ0) is 17.8. The molecule has 5 heteroatoms. The van der Waals surface area contributed by atoms with Crippen LogP contribution in [0.2, 0.25) is 0 Å². The van der Waals surface area contributed by atoms with Crippen LogP contribution in [-0.2, 0) is 11.8 Å². The van der Waals surface area contributed by atoms with Crippen molar-refractivity contribution < 1.29 is 9.53 Å². The van der Waals surface area contributed by atoms with Gasteiger partial charge in [-0.2, -0.15) is 0 Å². The van der Waals surface area contributed by atoms with E-state index in [1.54, 1.807) is 17.7 Å². The van der Waals surface area contributed by atoms with Crippen molar-refractivity contribution in [3.8, 4) is 5.75 Å². The molecule has 1 amide bonds. The second-order valence-corrected chi connectivity index (χ2v) is 7.62. The summed E-state index contributed by atoms with van der Waals surface area (Å²) in [5.41, 5.74) is 0.844. The van der Waals surface area contributed by atoms with Crippen molar-refractivity contribution >= 4 is 5.91 Å². The van der Waals surface area contributed by atoms with Gasteiger partial charge >= 0.3 is 0 Å². The Kier molecular flexibility index (Phi) is 5.82. The number of likely N-dealkylation sites (tertiary alicyclic amines) is 1. The van der Waals surface area contributed by atoms with Crippen LogP contribution in [0.5, 0.6) is 5.75 Å². The summed E-state index contributed by atoms with van der Waals surface area (Å²) in [7, 11) is 1.76. The lowest BCUT2D eigenvalue weighted by molar-refractivity contribution is -0.133. The third-order valence-electron chi connectivity index (χ3n) is 5.82. The lowest BCUT2D eigenvalue weighted by atomic mass is 10.0. The van der Waals surface area contributed by atoms with E-state index in [0.717, 1.165) is 44.0 Å². The number of pyridine rings is 1. The molecule has 0 unspecified atom stereocenters. The van der Waals surface area contributed by atoms with Gasteiger partial charge in [0.15, 0.2) is 0 Å². The summed E-state index contributed by atoms with van der Waals surface area (Å²) in [5.74, 6) is 1.72. The summed E-state index contributed by atoms with van der Waals surface area (Å²) < 4.78 is 7.60. The molecule has 138 valence electrons. The third-order valence-corrected chi connectivity index (χ3v) is 5.82. The molecular weight excluding hydrogens is 316 g/mol. The fourth-order valence-electron chi connectivity index (χ4n) is 4.00. The Morgan fingerprint density at radius 1 is 1.16 bits per heavy atom. The van der Waals surface area contributed by atoms with Gasteiger partial charge in [-0.3, -0.25) is 9.59 Å². The van der Waals surface area contributed by atoms with Gasteiger partial charge in [-0.05, 0) is 25.3 Å². The zero-order valence-electron chi connectivity index (χ0n) is 15.5. The van der Waals surface area contributed by atoms with E-state index in [2.05, 4.69) is 0 Å². The highest BCUT2D eigenvalue weighted by Gasteiger charge is 2.25. The smallest absolute Gasteiger partial charge is 0.254 e. The van der Waals surface area contributed by atoms with Crippen LogP contribution >= 0.6 is 0 Å². The van der Waals surface area contributed by atoms with Crippen LogP contribution in [0.3, 0.4) is 0 Å². The van der Waals surface area contributed by atoms with E-state index >= 15 is 0 Å². The summed E-state index contributed by atoms with van der Waals surface area (Å²) in [6, 6.07) is 3.45. The van der Waals surface area contributed by atoms with E-state index in [1.165, 1.54) is 25.7 Å². The number of nitrogens with zero attached hydrogens (tertiary/aromatic N) is 2. The van der Waals surface area contributed by atoms with Gasteiger partial charge in [-0.15, -0.1) is 0 Å². The van der Waals surface area contributed by atoms with Gasteiger partial charge in [0.2, 0.25) is 5.91 Å². The van der Waals surface area contributed by atoms with Gasteiger partial charge in [-0.1, -0.05) is 25.7 Å². The number of rotatable bonds is 5. The minimum Gasteiger partial charge on any atom is -0.490 e.